The van der Waals surface area contributed by atoms with Crippen molar-refractivity contribution in [1.29, 1.82) is 0 Å². The minimum Gasteiger partial charge on any atom is -0.461 e. The topological polar surface area (TPSA) is 52.6 Å². The van der Waals surface area contributed by atoms with Gasteiger partial charge in [0.2, 0.25) is 0 Å². The van der Waals surface area contributed by atoms with Gasteiger partial charge in [-0.05, 0) is 67.6 Å². The number of hydrogen-bond acceptors (Lipinski definition) is 4. The van der Waals surface area contributed by atoms with Crippen LogP contribution < -0.4 is 0 Å². The van der Waals surface area contributed by atoms with Gasteiger partial charge < -0.3 is 9.47 Å². The maximum atomic E-state index is 13.4. The number of halogens is 2. The zero-order chi connectivity index (χ0) is 22.2. The van der Waals surface area contributed by atoms with Crippen LogP contribution in [0, 0.1) is 5.82 Å². The van der Waals surface area contributed by atoms with Crippen LogP contribution >= 0.6 is 15.9 Å². The average molecular weight is 504 g/mol. The molecule has 3 rings (SSSR count). The lowest BCUT2D eigenvalue weighted by molar-refractivity contribution is -0.143. The molecule has 3 aromatic carbocycles. The van der Waals surface area contributed by atoms with Crippen molar-refractivity contribution in [3.63, 3.8) is 0 Å². The predicted molar refractivity (Wildman–Crippen MR) is 121 cm³/mol. The van der Waals surface area contributed by atoms with Crippen LogP contribution in [0.15, 0.2) is 93.5 Å². The number of alkyl halides is 1. The maximum absolute atomic E-state index is 13.4. The smallest absolute Gasteiger partial charge is 0.338 e. The van der Waals surface area contributed by atoms with Gasteiger partial charge in [0, 0.05) is 0 Å². The summed E-state index contributed by atoms with van der Waals surface area (Å²) < 4.78 is 23.6. The maximum Gasteiger partial charge on any atom is 0.338 e. The van der Waals surface area contributed by atoms with E-state index in [0.717, 1.165) is 14.7 Å². The fraction of sp³-hybridized carbons (Fsp3) is 0.167. The Kier molecular flexibility index (Phi) is 8.26. The SMILES string of the molecule is CC(Br)C(=O)OCCOC(=O)c1ccc([S+](c2ccccc2)c2ccc(F)cc2)cc1. The number of carbonyl (C=O) groups is 2. The van der Waals surface area contributed by atoms with E-state index in [0.29, 0.717) is 5.56 Å². The Labute approximate surface area is 191 Å². The van der Waals surface area contributed by atoms with Gasteiger partial charge in [-0.15, -0.1) is 0 Å². The van der Waals surface area contributed by atoms with E-state index in [4.69, 9.17) is 9.47 Å². The van der Waals surface area contributed by atoms with Gasteiger partial charge in [-0.25, -0.2) is 9.18 Å². The highest BCUT2D eigenvalue weighted by Crippen LogP contribution is 2.31. The van der Waals surface area contributed by atoms with Crippen LogP contribution in [0.3, 0.4) is 0 Å². The molecule has 0 saturated carbocycles. The van der Waals surface area contributed by atoms with Crippen molar-refractivity contribution < 1.29 is 23.5 Å². The van der Waals surface area contributed by atoms with E-state index in [1.165, 1.54) is 12.1 Å². The first-order valence-electron chi connectivity index (χ1n) is 9.58. The van der Waals surface area contributed by atoms with E-state index in [2.05, 4.69) is 15.9 Å². The molecule has 0 aliphatic carbocycles. The molecule has 0 aromatic heterocycles. The largest absolute Gasteiger partial charge is 0.461 e. The molecule has 0 fully saturated rings. The first-order valence-corrected chi connectivity index (χ1v) is 11.7. The molecule has 7 heteroatoms. The fourth-order valence-corrected chi connectivity index (χ4v) is 4.93. The second-order valence-corrected chi connectivity index (χ2v) is 9.92. The Morgan fingerprint density at radius 3 is 1.94 bits per heavy atom. The molecule has 160 valence electrons. The molecule has 0 bridgehead atoms. The fourth-order valence-electron chi connectivity index (χ4n) is 2.74. The average Bonchev–Trinajstić information content (AvgIpc) is 2.79. The Balaban J connectivity index is 1.72. The normalized spacial score (nSPS) is 12.6. The summed E-state index contributed by atoms with van der Waals surface area (Å²) in [5.41, 5.74) is 0.402. The Hall–Kier alpha value is -2.64. The van der Waals surface area contributed by atoms with Crippen LogP contribution in [0.1, 0.15) is 17.3 Å². The number of rotatable bonds is 8. The monoisotopic (exact) mass is 503 g/mol. The molecule has 2 unspecified atom stereocenters. The minimum absolute atomic E-state index is 0.000623. The quantitative estimate of drug-likeness (QED) is 0.178. The summed E-state index contributed by atoms with van der Waals surface area (Å²) in [6.45, 7) is 1.64. The van der Waals surface area contributed by atoms with Gasteiger partial charge in [0.15, 0.2) is 14.7 Å². The third-order valence-electron chi connectivity index (χ3n) is 4.24. The Morgan fingerprint density at radius 1 is 0.839 bits per heavy atom. The molecule has 0 aliphatic heterocycles. The Morgan fingerprint density at radius 2 is 1.35 bits per heavy atom. The van der Waals surface area contributed by atoms with E-state index in [-0.39, 0.29) is 19.0 Å². The molecule has 2 atom stereocenters. The molecule has 3 aromatic rings. The number of hydrogen-bond donors (Lipinski definition) is 0. The number of esters is 2. The minimum atomic E-state index is -0.490. The van der Waals surface area contributed by atoms with Gasteiger partial charge in [-0.1, -0.05) is 34.1 Å². The van der Waals surface area contributed by atoms with Gasteiger partial charge in [0.1, 0.15) is 23.9 Å². The van der Waals surface area contributed by atoms with E-state index >= 15 is 0 Å². The molecule has 0 N–H and O–H groups in total. The second kappa shape index (κ2) is 11.1. The van der Waals surface area contributed by atoms with Gasteiger partial charge in [-0.2, -0.15) is 0 Å². The molecule has 0 radical (unpaired) electrons. The highest BCUT2D eigenvalue weighted by Gasteiger charge is 2.28. The lowest BCUT2D eigenvalue weighted by atomic mass is 10.2. The second-order valence-electron chi connectivity index (χ2n) is 6.52. The van der Waals surface area contributed by atoms with Crippen molar-refractivity contribution in [2.45, 2.75) is 26.4 Å². The number of benzene rings is 3. The van der Waals surface area contributed by atoms with Crippen molar-refractivity contribution >= 4 is 38.8 Å². The summed E-state index contributed by atoms with van der Waals surface area (Å²) in [4.78, 5) is 26.3. The van der Waals surface area contributed by atoms with E-state index in [1.54, 1.807) is 31.2 Å². The summed E-state index contributed by atoms with van der Waals surface area (Å²) in [5.74, 6) is -1.18. The molecular weight excluding hydrogens is 483 g/mol. The first-order chi connectivity index (χ1) is 15.0. The zero-order valence-corrected chi connectivity index (χ0v) is 19.2. The molecule has 4 nitrogen and oxygen atoms in total. The third kappa shape index (κ3) is 6.42. The summed E-state index contributed by atoms with van der Waals surface area (Å²) >= 11 is 3.11. The Bertz CT molecular complexity index is 1010. The summed E-state index contributed by atoms with van der Waals surface area (Å²) in [7, 11) is -0.442. The van der Waals surface area contributed by atoms with Crippen LogP contribution in [0.25, 0.3) is 0 Å². The zero-order valence-electron chi connectivity index (χ0n) is 16.8. The summed E-state index contributed by atoms with van der Waals surface area (Å²) in [5, 5.41) is 0. The van der Waals surface area contributed by atoms with Crippen molar-refractivity contribution in [2.24, 2.45) is 0 Å². The highest BCUT2D eigenvalue weighted by molar-refractivity contribution is 9.10. The standard InChI is InChI=1S/C24H21BrFO4S/c1-17(25)23(27)29-15-16-30-24(28)18-7-11-21(12-8-18)31(20-5-3-2-4-6-20)22-13-9-19(26)10-14-22/h2-14,17H,15-16H2,1H3/q+1. The van der Waals surface area contributed by atoms with Gasteiger partial charge in [0.05, 0.1) is 16.5 Å². The molecule has 0 heterocycles. The molecular formula is C24H21BrFO4S+. The van der Waals surface area contributed by atoms with Crippen LogP contribution in [0.2, 0.25) is 0 Å². The van der Waals surface area contributed by atoms with E-state index < -0.39 is 27.7 Å². The van der Waals surface area contributed by atoms with Crippen molar-refractivity contribution in [2.75, 3.05) is 13.2 Å². The van der Waals surface area contributed by atoms with Crippen molar-refractivity contribution in [1.82, 2.24) is 0 Å². The first kappa shape index (κ1) is 23.0. The van der Waals surface area contributed by atoms with Gasteiger partial charge in [0.25, 0.3) is 0 Å². The van der Waals surface area contributed by atoms with E-state index in [9.17, 15) is 14.0 Å². The molecule has 0 aliphatic rings. The van der Waals surface area contributed by atoms with Gasteiger partial charge >= 0.3 is 11.9 Å². The number of carbonyl (C=O) groups excluding carboxylic acids is 2. The molecule has 0 amide bonds. The molecule has 0 saturated heterocycles. The molecule has 0 spiro atoms. The van der Waals surface area contributed by atoms with Crippen LogP contribution in [0.5, 0.6) is 0 Å². The van der Waals surface area contributed by atoms with Crippen LogP contribution in [-0.4, -0.2) is 30.0 Å². The number of ether oxygens (including phenoxy) is 2. The lowest BCUT2D eigenvalue weighted by Gasteiger charge is -2.09. The van der Waals surface area contributed by atoms with Gasteiger partial charge in [-0.3, -0.25) is 4.79 Å². The van der Waals surface area contributed by atoms with Crippen LogP contribution in [0.4, 0.5) is 4.39 Å². The summed E-state index contributed by atoms with van der Waals surface area (Å²) in [6, 6.07) is 23.6. The third-order valence-corrected chi connectivity index (χ3v) is 6.84. The van der Waals surface area contributed by atoms with E-state index in [1.807, 2.05) is 42.5 Å². The molecule has 31 heavy (non-hydrogen) atoms. The van der Waals surface area contributed by atoms with Crippen molar-refractivity contribution in [3.8, 4) is 0 Å². The lowest BCUT2D eigenvalue weighted by Crippen LogP contribution is -2.18. The van der Waals surface area contributed by atoms with Crippen LogP contribution in [-0.2, 0) is 25.2 Å². The highest BCUT2D eigenvalue weighted by atomic mass is 79.9. The van der Waals surface area contributed by atoms with Crippen molar-refractivity contribution in [3.05, 3.63) is 90.2 Å². The predicted octanol–water partition coefficient (Wildman–Crippen LogP) is 5.40. The summed E-state index contributed by atoms with van der Waals surface area (Å²) in [6.07, 6.45) is 0.